The van der Waals surface area contributed by atoms with Crippen LogP contribution in [0.15, 0.2) is 55.4 Å². The molecule has 4 heterocycles. The van der Waals surface area contributed by atoms with Crippen molar-refractivity contribution in [1.82, 2.24) is 24.7 Å². The maximum Gasteiger partial charge on any atom is 0.247 e. The average molecular weight is 692 g/mol. The van der Waals surface area contributed by atoms with Crippen LogP contribution in [0.2, 0.25) is 0 Å². The quantitative estimate of drug-likeness (QED) is 0.260. The maximum atomic E-state index is 14.7. The number of anilines is 5. The highest BCUT2D eigenvalue weighted by Gasteiger charge is 2.32. The van der Waals surface area contributed by atoms with E-state index >= 15 is 0 Å². The zero-order chi connectivity index (χ0) is 35.2. The monoisotopic (exact) mass is 691 g/mol. The van der Waals surface area contributed by atoms with E-state index in [0.29, 0.717) is 53.4 Å². The molecule has 1 aromatic heterocycles. The van der Waals surface area contributed by atoms with Gasteiger partial charge in [0.2, 0.25) is 5.91 Å². The molecule has 3 aromatic rings. The second-order valence-corrected chi connectivity index (χ2v) is 13.2. The SMILES string of the molecule is C=CC(=O)Nc1cc(Nc2cc(N3OCCC3c3ccc(F)cc3F)ncn2)c(OC)cc1N1CCC(N2CCN(CCN(C)C)CC2)CC1. The van der Waals surface area contributed by atoms with Crippen molar-refractivity contribution < 1.29 is 23.1 Å². The molecule has 14 heteroatoms. The molecule has 3 aliphatic heterocycles. The third-order valence-corrected chi connectivity index (χ3v) is 9.72. The number of carbonyl (C=O) groups excluding carboxylic acids is 1. The summed E-state index contributed by atoms with van der Waals surface area (Å²) in [5.41, 5.74) is 2.38. The Kier molecular flexibility index (Phi) is 11.4. The summed E-state index contributed by atoms with van der Waals surface area (Å²) in [6.45, 7) is 12.2. The van der Waals surface area contributed by atoms with Gasteiger partial charge in [-0.3, -0.25) is 19.4 Å². The number of rotatable bonds is 12. The molecule has 2 N–H and O–H groups in total. The van der Waals surface area contributed by atoms with Crippen molar-refractivity contribution >= 4 is 34.6 Å². The van der Waals surface area contributed by atoms with Crippen molar-refractivity contribution in [3.8, 4) is 5.75 Å². The number of methoxy groups -OCH3 is 1. The zero-order valence-electron chi connectivity index (χ0n) is 29.1. The van der Waals surface area contributed by atoms with Crippen molar-refractivity contribution in [3.63, 3.8) is 0 Å². The predicted molar refractivity (Wildman–Crippen MR) is 191 cm³/mol. The molecule has 3 saturated heterocycles. The summed E-state index contributed by atoms with van der Waals surface area (Å²) in [5, 5.41) is 7.81. The van der Waals surface area contributed by atoms with Gasteiger partial charge in [-0.2, -0.15) is 0 Å². The number of halogens is 2. The molecule has 0 aliphatic carbocycles. The van der Waals surface area contributed by atoms with E-state index in [2.05, 4.69) is 60.9 Å². The zero-order valence-corrected chi connectivity index (χ0v) is 29.1. The number of benzene rings is 2. The molecule has 1 atom stereocenters. The van der Waals surface area contributed by atoms with Crippen LogP contribution in [0.3, 0.4) is 0 Å². The predicted octanol–water partition coefficient (Wildman–Crippen LogP) is 4.66. The molecule has 2 aromatic carbocycles. The number of piperidine rings is 1. The minimum atomic E-state index is -0.643. The molecule has 0 bridgehead atoms. The number of piperazine rings is 1. The van der Waals surface area contributed by atoms with Crippen LogP contribution >= 0.6 is 0 Å². The highest BCUT2D eigenvalue weighted by molar-refractivity contribution is 6.02. The smallest absolute Gasteiger partial charge is 0.247 e. The molecule has 1 amide bonds. The summed E-state index contributed by atoms with van der Waals surface area (Å²) in [7, 11) is 5.84. The van der Waals surface area contributed by atoms with Crippen molar-refractivity contribution in [2.75, 3.05) is 101 Å². The third-order valence-electron chi connectivity index (χ3n) is 9.72. The number of hydroxylamine groups is 1. The van der Waals surface area contributed by atoms with Crippen LogP contribution in [0.4, 0.5) is 37.5 Å². The molecule has 3 fully saturated rings. The second kappa shape index (κ2) is 16.1. The first-order chi connectivity index (χ1) is 24.2. The maximum absolute atomic E-state index is 14.7. The highest BCUT2D eigenvalue weighted by atomic mass is 19.1. The van der Waals surface area contributed by atoms with E-state index in [-0.39, 0.29) is 5.91 Å². The molecule has 268 valence electrons. The number of likely N-dealkylation sites (N-methyl/N-ethyl adjacent to an activating group) is 1. The lowest BCUT2D eigenvalue weighted by molar-refractivity contribution is -0.111. The van der Waals surface area contributed by atoms with E-state index in [1.54, 1.807) is 13.2 Å². The highest BCUT2D eigenvalue weighted by Crippen LogP contribution is 2.41. The lowest BCUT2D eigenvalue weighted by atomic mass is 10.0. The lowest BCUT2D eigenvalue weighted by Crippen LogP contribution is -2.54. The first-order valence-corrected chi connectivity index (χ1v) is 17.2. The minimum absolute atomic E-state index is 0.319. The van der Waals surface area contributed by atoms with Gasteiger partial charge in [0.15, 0.2) is 5.82 Å². The number of nitrogens with one attached hydrogen (secondary N) is 2. The van der Waals surface area contributed by atoms with E-state index < -0.39 is 17.7 Å². The Morgan fingerprint density at radius 1 is 1.04 bits per heavy atom. The standard InChI is InChI=1S/C36H47F2N9O3/c1-5-36(48)42-29-21-30(41-34-23-35(40-24-39-34)47-31(10-19-50-47)27-7-6-25(37)20-28(27)38)33(49-4)22-32(29)46-11-8-26(9-12-46)45-17-15-44(16-18-45)14-13-43(2)3/h5-7,20-24,26,31H,1,8-19H2,2-4H3,(H,42,48)(H,39,40,41). The summed E-state index contributed by atoms with van der Waals surface area (Å²) in [5.74, 6) is -0.204. The molecule has 0 radical (unpaired) electrons. The summed E-state index contributed by atoms with van der Waals surface area (Å²) in [6.07, 6.45) is 5.19. The molecule has 50 heavy (non-hydrogen) atoms. The van der Waals surface area contributed by atoms with Crippen LogP contribution < -0.4 is 25.3 Å². The van der Waals surface area contributed by atoms with Gasteiger partial charge in [0.25, 0.3) is 0 Å². The van der Waals surface area contributed by atoms with Gasteiger partial charge in [-0.15, -0.1) is 0 Å². The molecular formula is C36H47F2N9O3. The van der Waals surface area contributed by atoms with E-state index in [1.165, 1.54) is 29.6 Å². The van der Waals surface area contributed by atoms with Crippen LogP contribution in [0, 0.1) is 11.6 Å². The van der Waals surface area contributed by atoms with Crippen LogP contribution in [0.5, 0.6) is 5.75 Å². The molecule has 12 nitrogen and oxygen atoms in total. The van der Waals surface area contributed by atoms with E-state index in [4.69, 9.17) is 9.57 Å². The molecule has 3 aliphatic rings. The Morgan fingerprint density at radius 3 is 2.52 bits per heavy atom. The van der Waals surface area contributed by atoms with Crippen molar-refractivity contribution in [3.05, 3.63) is 72.6 Å². The molecule has 1 unspecified atom stereocenters. The third kappa shape index (κ3) is 8.32. The fraction of sp³-hybridized carbons (Fsp3) is 0.472. The van der Waals surface area contributed by atoms with Crippen molar-refractivity contribution in [1.29, 1.82) is 0 Å². The Balaban J connectivity index is 1.17. The Labute approximate surface area is 292 Å². The minimum Gasteiger partial charge on any atom is -0.494 e. The van der Waals surface area contributed by atoms with Crippen molar-refractivity contribution in [2.45, 2.75) is 31.3 Å². The molecular weight excluding hydrogens is 644 g/mol. The fourth-order valence-corrected chi connectivity index (χ4v) is 6.97. The Morgan fingerprint density at radius 2 is 1.82 bits per heavy atom. The summed E-state index contributed by atoms with van der Waals surface area (Å²) in [6, 6.07) is 9.02. The first-order valence-electron chi connectivity index (χ1n) is 17.2. The Hall–Kier alpha value is -4.37. The largest absolute Gasteiger partial charge is 0.494 e. The second-order valence-electron chi connectivity index (χ2n) is 13.2. The fourth-order valence-electron chi connectivity index (χ4n) is 6.97. The van der Waals surface area contributed by atoms with Crippen LogP contribution in [-0.2, 0) is 9.63 Å². The number of ether oxygens (including phenoxy) is 1. The topological polar surface area (TPSA) is 102 Å². The number of amides is 1. The number of carbonyl (C=O) groups is 1. The molecule has 0 saturated carbocycles. The van der Waals surface area contributed by atoms with Gasteiger partial charge in [-0.1, -0.05) is 12.6 Å². The number of hydrogen-bond acceptors (Lipinski definition) is 11. The van der Waals surface area contributed by atoms with E-state index in [1.807, 2.05) is 12.1 Å². The molecule has 6 rings (SSSR count). The number of aromatic nitrogens is 2. The molecule has 0 spiro atoms. The van der Waals surface area contributed by atoms with E-state index in [0.717, 1.165) is 77.0 Å². The average Bonchev–Trinajstić information content (AvgIpc) is 3.61. The first kappa shape index (κ1) is 35.5. The van der Waals surface area contributed by atoms with Crippen molar-refractivity contribution in [2.24, 2.45) is 0 Å². The van der Waals surface area contributed by atoms with Gasteiger partial charge in [0.1, 0.15) is 29.5 Å². The van der Waals surface area contributed by atoms with E-state index in [9.17, 15) is 13.6 Å². The van der Waals surface area contributed by atoms with Gasteiger partial charge in [0.05, 0.1) is 36.8 Å². The van der Waals surface area contributed by atoms with Gasteiger partial charge in [-0.25, -0.2) is 23.8 Å². The number of nitrogens with zero attached hydrogens (tertiary/aromatic N) is 7. The Bertz CT molecular complexity index is 1640. The van der Waals surface area contributed by atoms with Crippen LogP contribution in [0.1, 0.15) is 30.9 Å². The van der Waals surface area contributed by atoms with Gasteiger partial charge in [0, 0.05) is 88.6 Å². The van der Waals surface area contributed by atoms with Crippen LogP contribution in [-0.4, -0.2) is 117 Å². The normalized spacial score (nSPS) is 19.2. The van der Waals surface area contributed by atoms with Crippen LogP contribution in [0.25, 0.3) is 0 Å². The number of hydrogen-bond donors (Lipinski definition) is 2. The summed E-state index contributed by atoms with van der Waals surface area (Å²) in [4.78, 5) is 36.9. The summed E-state index contributed by atoms with van der Waals surface area (Å²) >= 11 is 0. The van der Waals surface area contributed by atoms with Gasteiger partial charge in [-0.05, 0) is 45.1 Å². The lowest BCUT2D eigenvalue weighted by Gasteiger charge is -2.43. The van der Waals surface area contributed by atoms with Gasteiger partial charge >= 0.3 is 0 Å². The summed E-state index contributed by atoms with van der Waals surface area (Å²) < 4.78 is 34.1. The van der Waals surface area contributed by atoms with Gasteiger partial charge < -0.3 is 25.2 Å².